The molecule has 100 valence electrons. The van der Waals surface area contributed by atoms with E-state index in [9.17, 15) is 0 Å². The van der Waals surface area contributed by atoms with Crippen molar-refractivity contribution in [1.29, 1.82) is 0 Å². The molecule has 1 aromatic rings. The second-order valence-electron chi connectivity index (χ2n) is 6.11. The van der Waals surface area contributed by atoms with Gasteiger partial charge in [0.25, 0.3) is 0 Å². The molecule has 0 N–H and O–H groups in total. The Kier molecular flexibility index (Phi) is 5.28. The van der Waals surface area contributed by atoms with Crippen LogP contribution in [-0.4, -0.2) is 0 Å². The van der Waals surface area contributed by atoms with E-state index in [1.165, 1.54) is 68.9 Å². The molecule has 0 unspecified atom stereocenters. The van der Waals surface area contributed by atoms with Crippen LogP contribution < -0.4 is 0 Å². The molecular formula is C18H28. The highest BCUT2D eigenvalue weighted by atomic mass is 14.2. The molecule has 0 bridgehead atoms. The van der Waals surface area contributed by atoms with Crippen molar-refractivity contribution in [2.45, 2.75) is 77.6 Å². The van der Waals surface area contributed by atoms with Gasteiger partial charge in [0, 0.05) is 0 Å². The highest BCUT2D eigenvalue weighted by Crippen LogP contribution is 2.32. The Hall–Kier alpha value is -0.780. The molecule has 0 heteroatoms. The van der Waals surface area contributed by atoms with Crippen LogP contribution >= 0.6 is 0 Å². The lowest BCUT2D eigenvalue weighted by Gasteiger charge is -2.21. The highest BCUT2D eigenvalue weighted by molar-refractivity contribution is 5.33. The predicted octanol–water partition coefficient (Wildman–Crippen LogP) is 5.91. The summed E-state index contributed by atoms with van der Waals surface area (Å²) in [6.07, 6.45) is 12.9. The molecular weight excluding hydrogens is 216 g/mol. The van der Waals surface area contributed by atoms with Crippen molar-refractivity contribution < 1.29 is 0 Å². The maximum atomic E-state index is 2.39. The summed E-state index contributed by atoms with van der Waals surface area (Å²) in [6.45, 7) is 4.49. The third-order valence-corrected chi connectivity index (χ3v) is 4.47. The fraction of sp³-hybridized carbons (Fsp3) is 0.667. The first-order valence-corrected chi connectivity index (χ1v) is 7.84. The van der Waals surface area contributed by atoms with Gasteiger partial charge in [0.05, 0.1) is 0 Å². The maximum absolute atomic E-state index is 2.39. The zero-order chi connectivity index (χ0) is 12.8. The predicted molar refractivity (Wildman–Crippen MR) is 80.2 cm³/mol. The summed E-state index contributed by atoms with van der Waals surface area (Å²) in [5.41, 5.74) is 4.54. The van der Waals surface area contributed by atoms with Crippen molar-refractivity contribution in [3.63, 3.8) is 0 Å². The minimum atomic E-state index is 0.823. The lowest BCUT2D eigenvalue weighted by Crippen LogP contribution is -2.03. The average molecular weight is 244 g/mol. The van der Waals surface area contributed by atoms with E-state index in [0.717, 1.165) is 5.92 Å². The Morgan fingerprint density at radius 1 is 0.778 bits per heavy atom. The van der Waals surface area contributed by atoms with Gasteiger partial charge in [0.1, 0.15) is 0 Å². The zero-order valence-electron chi connectivity index (χ0n) is 12.2. The number of hydrogen-bond donors (Lipinski definition) is 0. The van der Waals surface area contributed by atoms with E-state index in [1.54, 1.807) is 5.56 Å². The maximum Gasteiger partial charge on any atom is -0.0159 e. The first-order chi connectivity index (χ1) is 8.77. The van der Waals surface area contributed by atoms with E-state index in [-0.39, 0.29) is 0 Å². The molecule has 2 rings (SSSR count). The van der Waals surface area contributed by atoms with Gasteiger partial charge in [-0.3, -0.25) is 0 Å². The van der Waals surface area contributed by atoms with Crippen molar-refractivity contribution in [1.82, 2.24) is 0 Å². The number of aryl methyl sites for hydroxylation is 2. The third-order valence-electron chi connectivity index (χ3n) is 4.47. The Balaban J connectivity index is 2.07. The number of hydrogen-bond acceptors (Lipinski definition) is 0. The van der Waals surface area contributed by atoms with Gasteiger partial charge in [0.15, 0.2) is 0 Å². The van der Waals surface area contributed by atoms with Crippen LogP contribution in [0.1, 0.15) is 80.4 Å². The average Bonchev–Trinajstić information content (AvgIpc) is 2.36. The molecule has 1 saturated carbocycles. The van der Waals surface area contributed by atoms with E-state index >= 15 is 0 Å². The van der Waals surface area contributed by atoms with E-state index in [1.807, 2.05) is 0 Å². The Morgan fingerprint density at radius 2 is 1.33 bits per heavy atom. The van der Waals surface area contributed by atoms with Crippen LogP contribution in [0.4, 0.5) is 0 Å². The van der Waals surface area contributed by atoms with Gasteiger partial charge in [-0.1, -0.05) is 68.7 Å². The topological polar surface area (TPSA) is 0 Å². The van der Waals surface area contributed by atoms with Gasteiger partial charge < -0.3 is 0 Å². The summed E-state index contributed by atoms with van der Waals surface area (Å²) in [4.78, 5) is 0. The van der Waals surface area contributed by atoms with Gasteiger partial charge in [-0.05, 0) is 43.7 Å². The van der Waals surface area contributed by atoms with Crippen molar-refractivity contribution in [3.05, 3.63) is 34.9 Å². The smallest absolute Gasteiger partial charge is 0.0159 e. The summed E-state index contributed by atoms with van der Waals surface area (Å²) in [6, 6.07) is 7.04. The summed E-state index contributed by atoms with van der Waals surface area (Å²) in [5.74, 6) is 0.823. The molecule has 1 aliphatic carbocycles. The van der Waals surface area contributed by atoms with Crippen molar-refractivity contribution in [3.8, 4) is 0 Å². The molecule has 0 nitrogen and oxygen atoms in total. The number of benzene rings is 1. The first-order valence-electron chi connectivity index (χ1n) is 7.84. The lowest BCUT2D eigenvalue weighted by atomic mass is 9.84. The first kappa shape index (κ1) is 13.6. The third kappa shape index (κ3) is 3.86. The SMILES string of the molecule is Cc1ccc(C2CCCCCCCCC2)c(C)c1. The van der Waals surface area contributed by atoms with E-state index in [0.29, 0.717) is 0 Å². The van der Waals surface area contributed by atoms with Gasteiger partial charge in [-0.2, -0.15) is 0 Å². The van der Waals surface area contributed by atoms with Crippen LogP contribution in [0.3, 0.4) is 0 Å². The largest absolute Gasteiger partial charge is 0.0590 e. The molecule has 0 aromatic heterocycles. The molecule has 0 heterocycles. The summed E-state index contributed by atoms with van der Waals surface area (Å²) in [5, 5.41) is 0. The van der Waals surface area contributed by atoms with E-state index < -0.39 is 0 Å². The standard InChI is InChI=1S/C18H28/c1-15-12-13-18(16(2)14-15)17-10-8-6-4-3-5-7-9-11-17/h12-14,17H,3-11H2,1-2H3. The second kappa shape index (κ2) is 6.97. The van der Waals surface area contributed by atoms with Crippen molar-refractivity contribution in [2.24, 2.45) is 0 Å². The van der Waals surface area contributed by atoms with Crippen LogP contribution in [0.5, 0.6) is 0 Å². The molecule has 1 aromatic carbocycles. The van der Waals surface area contributed by atoms with Gasteiger partial charge in [-0.25, -0.2) is 0 Å². The van der Waals surface area contributed by atoms with Gasteiger partial charge in [0.2, 0.25) is 0 Å². The van der Waals surface area contributed by atoms with E-state index in [2.05, 4.69) is 32.0 Å². The monoisotopic (exact) mass is 244 g/mol. The van der Waals surface area contributed by atoms with Gasteiger partial charge >= 0.3 is 0 Å². The Morgan fingerprint density at radius 3 is 1.89 bits per heavy atom. The van der Waals surface area contributed by atoms with Crippen molar-refractivity contribution >= 4 is 0 Å². The van der Waals surface area contributed by atoms with Crippen LogP contribution in [0.25, 0.3) is 0 Å². The fourth-order valence-corrected chi connectivity index (χ4v) is 3.40. The molecule has 18 heavy (non-hydrogen) atoms. The molecule has 1 fully saturated rings. The Labute approximate surface area is 113 Å². The number of rotatable bonds is 1. The van der Waals surface area contributed by atoms with Crippen LogP contribution in [0.2, 0.25) is 0 Å². The fourth-order valence-electron chi connectivity index (χ4n) is 3.40. The quantitative estimate of drug-likeness (QED) is 0.576. The molecule has 0 amide bonds. The van der Waals surface area contributed by atoms with Crippen LogP contribution in [0.15, 0.2) is 18.2 Å². The summed E-state index contributed by atoms with van der Waals surface area (Å²) >= 11 is 0. The second-order valence-corrected chi connectivity index (χ2v) is 6.11. The minimum Gasteiger partial charge on any atom is -0.0590 e. The minimum absolute atomic E-state index is 0.823. The molecule has 1 aliphatic rings. The zero-order valence-corrected chi connectivity index (χ0v) is 12.2. The lowest BCUT2D eigenvalue weighted by molar-refractivity contribution is 0.462. The van der Waals surface area contributed by atoms with Crippen molar-refractivity contribution in [2.75, 3.05) is 0 Å². The molecule has 0 aliphatic heterocycles. The summed E-state index contributed by atoms with van der Waals surface area (Å²) < 4.78 is 0. The Bertz CT molecular complexity index is 354. The molecule has 0 radical (unpaired) electrons. The summed E-state index contributed by atoms with van der Waals surface area (Å²) in [7, 11) is 0. The van der Waals surface area contributed by atoms with Gasteiger partial charge in [-0.15, -0.1) is 0 Å². The molecule has 0 saturated heterocycles. The van der Waals surface area contributed by atoms with Crippen LogP contribution in [-0.2, 0) is 0 Å². The van der Waals surface area contributed by atoms with Crippen LogP contribution in [0, 0.1) is 13.8 Å². The normalized spacial score (nSPS) is 19.7. The highest BCUT2D eigenvalue weighted by Gasteiger charge is 2.14. The molecule has 0 spiro atoms. The van der Waals surface area contributed by atoms with E-state index in [4.69, 9.17) is 0 Å². The molecule has 0 atom stereocenters.